The largest absolute Gasteiger partial charge is 0.279 e. The fourth-order valence-electron chi connectivity index (χ4n) is 2.93. The summed E-state index contributed by atoms with van der Waals surface area (Å²) in [6.07, 6.45) is 3.44. The van der Waals surface area contributed by atoms with Gasteiger partial charge in [-0.15, -0.1) is 0 Å². The van der Waals surface area contributed by atoms with E-state index < -0.39 is 0 Å². The molecule has 0 spiro atoms. The van der Waals surface area contributed by atoms with Crippen LogP contribution >= 0.6 is 23.2 Å². The van der Waals surface area contributed by atoms with Crippen molar-refractivity contribution in [3.8, 4) is 22.4 Å². The van der Waals surface area contributed by atoms with E-state index in [9.17, 15) is 4.79 Å². The van der Waals surface area contributed by atoms with Crippen molar-refractivity contribution in [3.63, 3.8) is 0 Å². The van der Waals surface area contributed by atoms with E-state index in [4.69, 9.17) is 23.2 Å². The van der Waals surface area contributed by atoms with Crippen LogP contribution in [-0.4, -0.2) is 14.3 Å². The molecule has 2 aromatic heterocycles. The normalized spacial score (nSPS) is 11.2. The van der Waals surface area contributed by atoms with Crippen molar-refractivity contribution in [2.24, 2.45) is 7.05 Å². The van der Waals surface area contributed by atoms with Gasteiger partial charge in [-0.05, 0) is 43.7 Å². The zero-order valence-corrected chi connectivity index (χ0v) is 15.1. The monoisotopic (exact) mass is 361 g/mol. The summed E-state index contributed by atoms with van der Waals surface area (Å²) in [6.45, 7) is 4.09. The third-order valence-corrected chi connectivity index (χ3v) is 4.69. The standard InChI is InChI=1S/C18H17Cl2N3O/c1-11(2)23-17(12-6-8-21-9-7-12)16(18(24)22(23)3)13-4-5-14(19)15(20)10-13/h4-11H,1-3H3. The maximum Gasteiger partial charge on any atom is 0.274 e. The minimum absolute atomic E-state index is 0.0751. The molecule has 4 nitrogen and oxygen atoms in total. The highest BCUT2D eigenvalue weighted by Gasteiger charge is 2.22. The molecular formula is C18H17Cl2N3O. The van der Waals surface area contributed by atoms with Gasteiger partial charge in [-0.2, -0.15) is 0 Å². The van der Waals surface area contributed by atoms with Crippen LogP contribution in [0.4, 0.5) is 0 Å². The van der Waals surface area contributed by atoms with Gasteiger partial charge in [0, 0.05) is 31.0 Å². The van der Waals surface area contributed by atoms with Crippen LogP contribution in [0.3, 0.4) is 0 Å². The summed E-state index contributed by atoms with van der Waals surface area (Å²) in [5.41, 5.74) is 3.05. The van der Waals surface area contributed by atoms with Crippen molar-refractivity contribution in [2.75, 3.05) is 0 Å². The quantitative estimate of drug-likeness (QED) is 0.671. The topological polar surface area (TPSA) is 39.8 Å². The number of rotatable bonds is 3. The predicted molar refractivity (Wildman–Crippen MR) is 98.7 cm³/mol. The molecule has 0 atom stereocenters. The first kappa shape index (κ1) is 16.8. The summed E-state index contributed by atoms with van der Waals surface area (Å²) >= 11 is 12.2. The van der Waals surface area contributed by atoms with Crippen LogP contribution in [0.2, 0.25) is 10.0 Å². The molecule has 0 aliphatic rings. The highest BCUT2D eigenvalue weighted by atomic mass is 35.5. The molecule has 0 saturated heterocycles. The number of pyridine rings is 1. The van der Waals surface area contributed by atoms with Gasteiger partial charge in [-0.25, -0.2) is 0 Å². The van der Waals surface area contributed by atoms with Crippen molar-refractivity contribution in [3.05, 3.63) is 63.1 Å². The Morgan fingerprint density at radius 3 is 2.25 bits per heavy atom. The molecule has 0 bridgehead atoms. The summed E-state index contributed by atoms with van der Waals surface area (Å²) in [5.74, 6) is 0. The third kappa shape index (κ3) is 2.76. The molecule has 0 unspecified atom stereocenters. The molecule has 0 N–H and O–H groups in total. The zero-order valence-electron chi connectivity index (χ0n) is 13.6. The molecule has 3 rings (SSSR count). The molecule has 0 radical (unpaired) electrons. The minimum atomic E-state index is -0.0751. The Balaban J connectivity index is 2.39. The number of benzene rings is 1. The molecular weight excluding hydrogens is 345 g/mol. The molecule has 0 fully saturated rings. The van der Waals surface area contributed by atoms with Crippen molar-refractivity contribution in [1.82, 2.24) is 14.3 Å². The minimum Gasteiger partial charge on any atom is -0.279 e. The van der Waals surface area contributed by atoms with Gasteiger partial charge in [0.15, 0.2) is 0 Å². The predicted octanol–water partition coefficient (Wildman–Crippen LogP) is 4.80. The van der Waals surface area contributed by atoms with Crippen LogP contribution in [0.5, 0.6) is 0 Å². The lowest BCUT2D eigenvalue weighted by Crippen LogP contribution is -2.21. The Labute approximate surface area is 150 Å². The number of nitrogens with zero attached hydrogens (tertiary/aromatic N) is 3. The Kier molecular flexibility index (Phi) is 4.52. The van der Waals surface area contributed by atoms with Crippen LogP contribution in [0.15, 0.2) is 47.5 Å². The van der Waals surface area contributed by atoms with Gasteiger partial charge >= 0.3 is 0 Å². The molecule has 2 heterocycles. The first-order chi connectivity index (χ1) is 11.4. The van der Waals surface area contributed by atoms with Gasteiger partial charge in [0.2, 0.25) is 0 Å². The molecule has 24 heavy (non-hydrogen) atoms. The Hall–Kier alpha value is -2.04. The average molecular weight is 362 g/mol. The smallest absolute Gasteiger partial charge is 0.274 e. The first-order valence-corrected chi connectivity index (χ1v) is 8.34. The van der Waals surface area contributed by atoms with E-state index in [0.29, 0.717) is 15.6 Å². The average Bonchev–Trinajstić information content (AvgIpc) is 2.83. The fraction of sp³-hybridized carbons (Fsp3) is 0.222. The van der Waals surface area contributed by atoms with Gasteiger partial charge in [0.05, 0.1) is 21.3 Å². The van der Waals surface area contributed by atoms with E-state index in [1.807, 2.05) is 36.7 Å². The summed E-state index contributed by atoms with van der Waals surface area (Å²) in [4.78, 5) is 17.0. The lowest BCUT2D eigenvalue weighted by Gasteiger charge is -2.16. The van der Waals surface area contributed by atoms with Crippen LogP contribution in [0.1, 0.15) is 19.9 Å². The third-order valence-electron chi connectivity index (χ3n) is 3.95. The van der Waals surface area contributed by atoms with Crippen molar-refractivity contribution >= 4 is 23.2 Å². The maximum atomic E-state index is 12.9. The second kappa shape index (κ2) is 6.46. The van der Waals surface area contributed by atoms with Gasteiger partial charge in [-0.1, -0.05) is 29.3 Å². The zero-order chi connectivity index (χ0) is 17.4. The second-order valence-electron chi connectivity index (χ2n) is 5.86. The van der Waals surface area contributed by atoms with Crippen molar-refractivity contribution < 1.29 is 0 Å². The van der Waals surface area contributed by atoms with Gasteiger partial charge in [0.25, 0.3) is 5.56 Å². The summed E-state index contributed by atoms with van der Waals surface area (Å²) in [7, 11) is 1.77. The summed E-state index contributed by atoms with van der Waals surface area (Å²) in [6, 6.07) is 9.17. The van der Waals surface area contributed by atoms with Crippen molar-refractivity contribution in [2.45, 2.75) is 19.9 Å². The summed E-state index contributed by atoms with van der Waals surface area (Å²) in [5, 5.41) is 0.889. The van der Waals surface area contributed by atoms with Crippen molar-refractivity contribution in [1.29, 1.82) is 0 Å². The van der Waals surface area contributed by atoms with E-state index in [1.165, 1.54) is 0 Å². The van der Waals surface area contributed by atoms with E-state index in [0.717, 1.165) is 16.8 Å². The number of hydrogen-bond acceptors (Lipinski definition) is 2. The molecule has 0 saturated carbocycles. The lowest BCUT2D eigenvalue weighted by atomic mass is 10.0. The van der Waals surface area contributed by atoms with Crippen LogP contribution in [0, 0.1) is 0 Å². The highest BCUT2D eigenvalue weighted by Crippen LogP contribution is 2.34. The summed E-state index contributed by atoms with van der Waals surface area (Å²) < 4.78 is 3.62. The lowest BCUT2D eigenvalue weighted by molar-refractivity contribution is 0.448. The number of aromatic nitrogens is 3. The maximum absolute atomic E-state index is 12.9. The number of halogens is 2. The van der Waals surface area contributed by atoms with Gasteiger partial charge < -0.3 is 0 Å². The molecule has 0 aliphatic carbocycles. The Bertz CT molecular complexity index is 943. The van der Waals surface area contributed by atoms with E-state index in [2.05, 4.69) is 4.98 Å². The second-order valence-corrected chi connectivity index (χ2v) is 6.67. The number of hydrogen-bond donors (Lipinski definition) is 0. The van der Waals surface area contributed by atoms with E-state index in [-0.39, 0.29) is 11.6 Å². The Morgan fingerprint density at radius 1 is 1.00 bits per heavy atom. The molecule has 6 heteroatoms. The van der Waals surface area contributed by atoms with Crippen LogP contribution in [0.25, 0.3) is 22.4 Å². The Morgan fingerprint density at radius 2 is 1.67 bits per heavy atom. The molecule has 0 aliphatic heterocycles. The van der Waals surface area contributed by atoms with Gasteiger partial charge in [-0.3, -0.25) is 19.1 Å². The molecule has 124 valence electrons. The first-order valence-electron chi connectivity index (χ1n) is 7.59. The van der Waals surface area contributed by atoms with Crippen LogP contribution < -0.4 is 5.56 Å². The SMILES string of the molecule is CC(C)n1c(-c2ccncc2)c(-c2ccc(Cl)c(Cl)c2)c(=O)n1C. The van der Waals surface area contributed by atoms with Gasteiger partial charge in [0.1, 0.15) is 0 Å². The fourth-order valence-corrected chi connectivity index (χ4v) is 3.23. The molecule has 0 amide bonds. The van der Waals surface area contributed by atoms with E-state index >= 15 is 0 Å². The van der Waals surface area contributed by atoms with E-state index in [1.54, 1.807) is 36.3 Å². The van der Waals surface area contributed by atoms with Crippen LogP contribution in [-0.2, 0) is 7.05 Å². The highest BCUT2D eigenvalue weighted by molar-refractivity contribution is 6.42. The molecule has 1 aromatic carbocycles. The molecule has 3 aromatic rings.